The van der Waals surface area contributed by atoms with Crippen molar-refractivity contribution in [2.45, 2.75) is 33.1 Å². The molecule has 1 aliphatic heterocycles. The predicted molar refractivity (Wildman–Crippen MR) is 107 cm³/mol. The molecule has 1 amide bonds. The Morgan fingerprint density at radius 2 is 2.07 bits per heavy atom. The third kappa shape index (κ3) is 3.78. The molecule has 0 bridgehead atoms. The van der Waals surface area contributed by atoms with Crippen molar-refractivity contribution in [2.75, 3.05) is 18.1 Å². The van der Waals surface area contributed by atoms with E-state index in [1.165, 1.54) is 6.33 Å². The number of ketones is 1. The number of esters is 1. The molecule has 0 unspecified atom stereocenters. The van der Waals surface area contributed by atoms with E-state index in [1.54, 1.807) is 40.6 Å². The van der Waals surface area contributed by atoms with E-state index in [0.717, 1.165) is 12.1 Å². The van der Waals surface area contributed by atoms with Gasteiger partial charge in [0.1, 0.15) is 6.33 Å². The quantitative estimate of drug-likeness (QED) is 0.453. The summed E-state index contributed by atoms with van der Waals surface area (Å²) in [5.74, 6) is -0.333. The fourth-order valence-corrected chi connectivity index (χ4v) is 3.60. The lowest BCUT2D eigenvalue weighted by Gasteiger charge is -2.16. The van der Waals surface area contributed by atoms with Gasteiger partial charge in [-0.15, -0.1) is 0 Å². The van der Waals surface area contributed by atoms with Crippen LogP contribution in [0.15, 0.2) is 30.6 Å². The summed E-state index contributed by atoms with van der Waals surface area (Å²) in [6, 6.07) is 6.83. The van der Waals surface area contributed by atoms with Crippen molar-refractivity contribution >= 4 is 29.1 Å². The van der Waals surface area contributed by atoms with Gasteiger partial charge in [0.25, 0.3) is 5.78 Å². The highest BCUT2D eigenvalue weighted by molar-refractivity contribution is 6.01. The van der Waals surface area contributed by atoms with E-state index >= 15 is 0 Å². The summed E-state index contributed by atoms with van der Waals surface area (Å²) >= 11 is 0. The number of anilines is 1. The molecular formula is C21H21N5O4. The van der Waals surface area contributed by atoms with E-state index in [9.17, 15) is 14.4 Å². The Labute approximate surface area is 172 Å². The van der Waals surface area contributed by atoms with Crippen LogP contribution in [-0.2, 0) is 20.7 Å². The molecule has 3 heterocycles. The second-order valence-electron chi connectivity index (χ2n) is 7.19. The Kier molecular flexibility index (Phi) is 5.26. The van der Waals surface area contributed by atoms with E-state index in [0.29, 0.717) is 41.3 Å². The maximum Gasteiger partial charge on any atom is 0.310 e. The second kappa shape index (κ2) is 8.02. The molecule has 0 radical (unpaired) electrons. The highest BCUT2D eigenvalue weighted by Crippen LogP contribution is 2.22. The molecule has 9 nitrogen and oxygen atoms in total. The number of Topliss-reactive ketones (excluding diaryl/α,β-unsaturated/α-hetero) is 1. The van der Waals surface area contributed by atoms with Crippen LogP contribution >= 0.6 is 0 Å². The summed E-state index contributed by atoms with van der Waals surface area (Å²) in [5, 5.41) is 4.10. The average Bonchev–Trinajstić information content (AvgIpc) is 3.38. The molecule has 4 rings (SSSR count). The number of hydrogen-bond donors (Lipinski definition) is 0. The molecule has 154 valence electrons. The van der Waals surface area contributed by atoms with Crippen molar-refractivity contribution < 1.29 is 19.1 Å². The van der Waals surface area contributed by atoms with Gasteiger partial charge < -0.3 is 9.64 Å². The van der Waals surface area contributed by atoms with Gasteiger partial charge >= 0.3 is 5.97 Å². The minimum Gasteiger partial charge on any atom is -0.457 e. The first-order valence-corrected chi connectivity index (χ1v) is 9.69. The Morgan fingerprint density at radius 1 is 1.23 bits per heavy atom. The molecule has 3 aromatic rings. The standard InChI is InChI=1S/C21H21N5O4/c1-13-17(14(2)26-21(24-13)22-12-23-26)10-20(29)30-11-18(27)15-5-3-6-16(9-15)25-8-4-7-19(25)28/h3,5-6,9,12H,4,7-8,10-11H2,1-2H3. The minimum absolute atomic E-state index is 0.0178. The lowest BCUT2D eigenvalue weighted by molar-refractivity contribution is -0.141. The highest BCUT2D eigenvalue weighted by atomic mass is 16.5. The van der Waals surface area contributed by atoms with Crippen molar-refractivity contribution in [3.8, 4) is 0 Å². The summed E-state index contributed by atoms with van der Waals surface area (Å²) in [4.78, 5) is 46.8. The fraction of sp³-hybridized carbons (Fsp3) is 0.333. The maximum atomic E-state index is 12.5. The number of amides is 1. The van der Waals surface area contributed by atoms with Gasteiger partial charge in [0.05, 0.1) is 6.42 Å². The molecule has 1 aromatic carbocycles. The van der Waals surface area contributed by atoms with Crippen molar-refractivity contribution in [1.29, 1.82) is 0 Å². The SMILES string of the molecule is Cc1nc2ncnn2c(C)c1CC(=O)OCC(=O)c1cccc(N2CCCC2=O)c1. The van der Waals surface area contributed by atoms with E-state index < -0.39 is 5.97 Å². The van der Waals surface area contributed by atoms with Gasteiger partial charge in [0, 0.05) is 41.2 Å². The molecule has 1 fully saturated rings. The van der Waals surface area contributed by atoms with Crippen LogP contribution in [0.4, 0.5) is 5.69 Å². The van der Waals surface area contributed by atoms with Crippen LogP contribution in [0.2, 0.25) is 0 Å². The number of rotatable bonds is 6. The first-order valence-electron chi connectivity index (χ1n) is 9.69. The lowest BCUT2D eigenvalue weighted by atomic mass is 10.1. The molecule has 0 N–H and O–H groups in total. The van der Waals surface area contributed by atoms with Gasteiger partial charge in [0.15, 0.2) is 12.4 Å². The lowest BCUT2D eigenvalue weighted by Crippen LogP contribution is -2.24. The van der Waals surface area contributed by atoms with Gasteiger partial charge in [-0.3, -0.25) is 14.4 Å². The topological polar surface area (TPSA) is 107 Å². The van der Waals surface area contributed by atoms with E-state index in [4.69, 9.17) is 4.74 Å². The summed E-state index contributed by atoms with van der Waals surface area (Å²) in [7, 11) is 0. The second-order valence-corrected chi connectivity index (χ2v) is 7.19. The number of aryl methyl sites for hydroxylation is 2. The predicted octanol–water partition coefficient (Wildman–Crippen LogP) is 1.84. The zero-order chi connectivity index (χ0) is 21.3. The molecule has 30 heavy (non-hydrogen) atoms. The van der Waals surface area contributed by atoms with Gasteiger partial charge in [-0.1, -0.05) is 12.1 Å². The molecule has 1 aliphatic rings. The van der Waals surface area contributed by atoms with Gasteiger partial charge in [0.2, 0.25) is 5.91 Å². The van der Waals surface area contributed by atoms with Crippen molar-refractivity contribution in [3.05, 3.63) is 53.1 Å². The van der Waals surface area contributed by atoms with E-state index in [2.05, 4.69) is 15.1 Å². The number of fused-ring (bicyclic) bond motifs is 1. The van der Waals surface area contributed by atoms with E-state index in [1.807, 2.05) is 6.92 Å². The Bertz CT molecular complexity index is 1150. The number of hydrogen-bond acceptors (Lipinski definition) is 7. The van der Waals surface area contributed by atoms with Crippen LogP contribution < -0.4 is 4.90 Å². The summed E-state index contributed by atoms with van der Waals surface area (Å²) in [5.41, 5.74) is 3.20. The van der Waals surface area contributed by atoms with Crippen molar-refractivity contribution in [3.63, 3.8) is 0 Å². The number of carbonyl (C=O) groups excluding carboxylic acids is 3. The van der Waals surface area contributed by atoms with Crippen molar-refractivity contribution in [1.82, 2.24) is 19.6 Å². The van der Waals surface area contributed by atoms with Crippen LogP contribution in [0.1, 0.15) is 40.2 Å². The third-order valence-electron chi connectivity index (χ3n) is 5.23. The Morgan fingerprint density at radius 3 is 2.83 bits per heavy atom. The molecule has 0 aliphatic carbocycles. The Hall–Kier alpha value is -3.62. The molecule has 0 spiro atoms. The molecule has 0 saturated carbocycles. The van der Waals surface area contributed by atoms with Gasteiger partial charge in [-0.05, 0) is 32.4 Å². The number of carbonyl (C=O) groups is 3. The molecule has 2 aromatic heterocycles. The molecule has 0 atom stereocenters. The highest BCUT2D eigenvalue weighted by Gasteiger charge is 2.22. The maximum absolute atomic E-state index is 12.5. The Balaban J connectivity index is 1.41. The minimum atomic E-state index is -0.526. The van der Waals surface area contributed by atoms with Crippen LogP contribution in [-0.4, -0.2) is 50.4 Å². The molecular weight excluding hydrogens is 386 g/mol. The molecule has 1 saturated heterocycles. The van der Waals surface area contributed by atoms with Gasteiger partial charge in [-0.2, -0.15) is 10.1 Å². The van der Waals surface area contributed by atoms with Gasteiger partial charge in [-0.25, -0.2) is 9.50 Å². The first-order chi connectivity index (χ1) is 14.4. The fourth-order valence-electron chi connectivity index (χ4n) is 3.60. The zero-order valence-electron chi connectivity index (χ0n) is 16.8. The number of aromatic nitrogens is 4. The summed E-state index contributed by atoms with van der Waals surface area (Å²) in [6.07, 6.45) is 2.71. The average molecular weight is 407 g/mol. The number of benzene rings is 1. The first kappa shape index (κ1) is 19.7. The number of ether oxygens (including phenoxy) is 1. The monoisotopic (exact) mass is 407 g/mol. The normalized spacial score (nSPS) is 13.8. The van der Waals surface area contributed by atoms with E-state index in [-0.39, 0.29) is 24.7 Å². The molecule has 9 heteroatoms. The largest absolute Gasteiger partial charge is 0.457 e. The summed E-state index contributed by atoms with van der Waals surface area (Å²) < 4.78 is 6.77. The van der Waals surface area contributed by atoms with Crippen LogP contribution in [0, 0.1) is 13.8 Å². The van der Waals surface area contributed by atoms with Crippen LogP contribution in [0.5, 0.6) is 0 Å². The third-order valence-corrected chi connectivity index (χ3v) is 5.23. The smallest absolute Gasteiger partial charge is 0.310 e. The number of nitrogens with zero attached hydrogens (tertiary/aromatic N) is 5. The van der Waals surface area contributed by atoms with Crippen LogP contribution in [0.25, 0.3) is 5.78 Å². The van der Waals surface area contributed by atoms with Crippen molar-refractivity contribution in [2.24, 2.45) is 0 Å². The zero-order valence-corrected chi connectivity index (χ0v) is 16.8. The van der Waals surface area contributed by atoms with Crippen LogP contribution in [0.3, 0.4) is 0 Å². The summed E-state index contributed by atoms with van der Waals surface area (Å²) in [6.45, 7) is 3.90.